The topological polar surface area (TPSA) is 83.0 Å². The molecule has 0 radical (unpaired) electrons. The highest BCUT2D eigenvalue weighted by Gasteiger charge is 2.11. The van der Waals surface area contributed by atoms with Gasteiger partial charge in [0.2, 0.25) is 0 Å². The normalized spacial score (nSPS) is 12.0. The Morgan fingerprint density at radius 3 is 2.67 bits per heavy atom. The summed E-state index contributed by atoms with van der Waals surface area (Å²) < 4.78 is 5.98. The molecule has 3 N–H and O–H groups in total. The summed E-state index contributed by atoms with van der Waals surface area (Å²) in [5.74, 6) is 0.0196. The second-order valence-electron chi connectivity index (χ2n) is 5.01. The van der Waals surface area contributed by atoms with Crippen molar-refractivity contribution in [1.82, 2.24) is 5.43 Å². The van der Waals surface area contributed by atoms with E-state index >= 15 is 0 Å². The van der Waals surface area contributed by atoms with E-state index in [0.717, 1.165) is 10.2 Å². The van der Waals surface area contributed by atoms with Gasteiger partial charge in [0.1, 0.15) is 6.04 Å². The number of para-hydroxylation sites is 1. The number of methoxy groups -OCH3 is 1. The molecule has 0 aromatic heterocycles. The van der Waals surface area contributed by atoms with Crippen molar-refractivity contribution in [2.75, 3.05) is 12.4 Å². The third-order valence-electron chi connectivity index (χ3n) is 3.25. The fourth-order valence-electron chi connectivity index (χ4n) is 1.93. The maximum atomic E-state index is 12.0. The van der Waals surface area contributed by atoms with Crippen molar-refractivity contribution >= 4 is 33.7 Å². The first-order valence-electron chi connectivity index (χ1n) is 7.22. The zero-order chi connectivity index (χ0) is 17.5. The lowest BCUT2D eigenvalue weighted by Gasteiger charge is -2.13. The zero-order valence-electron chi connectivity index (χ0n) is 13.3. The molecule has 0 aliphatic carbocycles. The Bertz CT molecular complexity index is 732. The van der Waals surface area contributed by atoms with Gasteiger partial charge in [-0.2, -0.15) is 5.10 Å². The van der Waals surface area contributed by atoms with Crippen LogP contribution in [0, 0.1) is 0 Å². The van der Waals surface area contributed by atoms with Crippen LogP contribution in [0.2, 0.25) is 0 Å². The van der Waals surface area contributed by atoms with Crippen LogP contribution >= 0.6 is 15.9 Å². The number of hydrogen-bond acceptors (Lipinski definition) is 5. The van der Waals surface area contributed by atoms with Gasteiger partial charge in [0.15, 0.2) is 11.5 Å². The van der Waals surface area contributed by atoms with Gasteiger partial charge < -0.3 is 15.2 Å². The second kappa shape index (κ2) is 8.35. The number of anilines is 1. The number of carbonyl (C=O) groups excluding carboxylic acids is 1. The molecule has 7 heteroatoms. The molecule has 6 nitrogen and oxygen atoms in total. The minimum atomic E-state index is -0.470. The minimum Gasteiger partial charge on any atom is -0.504 e. The molecule has 2 aromatic carbocycles. The molecule has 0 unspecified atom stereocenters. The highest BCUT2D eigenvalue weighted by atomic mass is 79.9. The molecular weight excluding hydrogens is 374 g/mol. The predicted octanol–water partition coefficient (Wildman–Crippen LogP) is 3.11. The van der Waals surface area contributed by atoms with Gasteiger partial charge in [-0.3, -0.25) is 4.79 Å². The van der Waals surface area contributed by atoms with E-state index < -0.39 is 6.04 Å². The molecule has 0 fully saturated rings. The van der Waals surface area contributed by atoms with E-state index in [2.05, 4.69) is 31.8 Å². The van der Waals surface area contributed by atoms with Crippen LogP contribution in [0.3, 0.4) is 0 Å². The van der Waals surface area contributed by atoms with Crippen LogP contribution in [0.5, 0.6) is 11.5 Å². The van der Waals surface area contributed by atoms with Crippen molar-refractivity contribution in [2.45, 2.75) is 13.0 Å². The molecule has 126 valence electrons. The van der Waals surface area contributed by atoms with E-state index in [0.29, 0.717) is 11.3 Å². The summed E-state index contributed by atoms with van der Waals surface area (Å²) in [6.07, 6.45) is 1.36. The minimum absolute atomic E-state index is 0.0287. The Labute approximate surface area is 148 Å². The highest BCUT2D eigenvalue weighted by Crippen LogP contribution is 2.27. The number of nitrogens with zero attached hydrogens (tertiary/aromatic N) is 1. The number of rotatable bonds is 6. The molecule has 2 aromatic rings. The van der Waals surface area contributed by atoms with Crippen molar-refractivity contribution in [3.63, 3.8) is 0 Å². The molecule has 0 saturated heterocycles. The number of halogens is 1. The first-order valence-corrected chi connectivity index (χ1v) is 8.01. The predicted molar refractivity (Wildman–Crippen MR) is 97.6 cm³/mol. The van der Waals surface area contributed by atoms with E-state index in [1.54, 1.807) is 25.1 Å². The van der Waals surface area contributed by atoms with Crippen LogP contribution in [0.1, 0.15) is 12.5 Å². The Morgan fingerprint density at radius 1 is 1.29 bits per heavy atom. The number of hydrazone groups is 1. The first-order chi connectivity index (χ1) is 11.5. The van der Waals surface area contributed by atoms with Gasteiger partial charge in [-0.25, -0.2) is 5.43 Å². The van der Waals surface area contributed by atoms with Crippen molar-refractivity contribution in [3.05, 3.63) is 52.5 Å². The van der Waals surface area contributed by atoms with Crippen LogP contribution in [0.15, 0.2) is 52.0 Å². The Hall–Kier alpha value is -2.54. The number of carbonyl (C=O) groups is 1. The Morgan fingerprint density at radius 2 is 2.00 bits per heavy atom. The monoisotopic (exact) mass is 391 g/mol. The summed E-state index contributed by atoms with van der Waals surface area (Å²) in [4.78, 5) is 12.0. The van der Waals surface area contributed by atoms with E-state index in [4.69, 9.17) is 4.74 Å². The fourth-order valence-corrected chi connectivity index (χ4v) is 2.20. The van der Waals surface area contributed by atoms with Gasteiger partial charge in [0.05, 0.1) is 13.3 Å². The smallest absolute Gasteiger partial charge is 0.262 e. The quantitative estimate of drug-likeness (QED) is 0.521. The van der Waals surface area contributed by atoms with Gasteiger partial charge in [-0.15, -0.1) is 0 Å². The Balaban J connectivity index is 1.93. The van der Waals surface area contributed by atoms with E-state index in [-0.39, 0.29) is 11.7 Å². The fraction of sp³-hybridized carbons (Fsp3) is 0.176. The molecule has 1 amide bonds. The molecule has 0 aliphatic rings. The maximum absolute atomic E-state index is 12.0. The first kappa shape index (κ1) is 17.8. The lowest BCUT2D eigenvalue weighted by atomic mass is 10.2. The van der Waals surface area contributed by atoms with E-state index in [1.807, 2.05) is 24.3 Å². The summed E-state index contributed by atoms with van der Waals surface area (Å²) in [6, 6.07) is 12.1. The van der Waals surface area contributed by atoms with Crippen LogP contribution in [-0.4, -0.2) is 30.4 Å². The number of aromatic hydroxyl groups is 1. The largest absolute Gasteiger partial charge is 0.504 e. The third kappa shape index (κ3) is 4.73. The van der Waals surface area contributed by atoms with Crippen LogP contribution in [0.4, 0.5) is 5.69 Å². The van der Waals surface area contributed by atoms with E-state index in [9.17, 15) is 9.90 Å². The van der Waals surface area contributed by atoms with Gasteiger partial charge >= 0.3 is 0 Å². The molecule has 0 heterocycles. The molecule has 0 bridgehead atoms. The summed E-state index contributed by atoms with van der Waals surface area (Å²) in [5.41, 5.74) is 3.71. The van der Waals surface area contributed by atoms with Gasteiger partial charge in [-0.05, 0) is 43.3 Å². The summed E-state index contributed by atoms with van der Waals surface area (Å²) >= 11 is 3.36. The Kier molecular flexibility index (Phi) is 6.20. The van der Waals surface area contributed by atoms with Gasteiger partial charge in [-0.1, -0.05) is 22.0 Å². The third-order valence-corrected chi connectivity index (χ3v) is 3.78. The lowest BCUT2D eigenvalue weighted by molar-refractivity contribution is -0.121. The molecule has 0 aliphatic heterocycles. The molecular formula is C17H18BrN3O3. The molecule has 24 heavy (non-hydrogen) atoms. The van der Waals surface area contributed by atoms with Crippen LogP contribution in [0.25, 0.3) is 0 Å². The molecule has 0 spiro atoms. The summed E-state index contributed by atoms with van der Waals surface area (Å²) in [6.45, 7) is 1.73. The van der Waals surface area contributed by atoms with E-state index in [1.165, 1.54) is 13.3 Å². The zero-order valence-corrected chi connectivity index (χ0v) is 14.9. The SMILES string of the molecule is COc1cccc(C=NNC(=O)[C@H](C)Nc2ccc(Br)cc2)c1O. The van der Waals surface area contributed by atoms with Crippen LogP contribution < -0.4 is 15.5 Å². The number of ether oxygens (including phenoxy) is 1. The lowest BCUT2D eigenvalue weighted by Crippen LogP contribution is -2.34. The summed E-state index contributed by atoms with van der Waals surface area (Å²) in [5, 5.41) is 16.9. The molecule has 1 atom stereocenters. The van der Waals surface area contributed by atoms with Crippen molar-refractivity contribution in [3.8, 4) is 11.5 Å². The van der Waals surface area contributed by atoms with Crippen molar-refractivity contribution < 1.29 is 14.6 Å². The van der Waals surface area contributed by atoms with Gasteiger partial charge in [0, 0.05) is 15.7 Å². The number of benzene rings is 2. The maximum Gasteiger partial charge on any atom is 0.262 e. The van der Waals surface area contributed by atoms with Crippen molar-refractivity contribution in [1.29, 1.82) is 0 Å². The van der Waals surface area contributed by atoms with Gasteiger partial charge in [0.25, 0.3) is 5.91 Å². The molecule has 2 rings (SSSR count). The summed E-state index contributed by atoms with van der Waals surface area (Å²) in [7, 11) is 1.47. The second-order valence-corrected chi connectivity index (χ2v) is 5.92. The molecule has 0 saturated carbocycles. The average molecular weight is 392 g/mol. The standard InChI is InChI=1S/C17H18BrN3O3/c1-11(20-14-8-6-13(18)7-9-14)17(23)21-19-10-12-4-3-5-15(24-2)16(12)22/h3-11,20,22H,1-2H3,(H,21,23)/t11-/m0/s1. The van der Waals surface area contributed by atoms with Crippen LogP contribution in [-0.2, 0) is 4.79 Å². The number of nitrogens with one attached hydrogen (secondary N) is 2. The van der Waals surface area contributed by atoms with Crippen molar-refractivity contribution in [2.24, 2.45) is 5.10 Å². The number of phenolic OH excluding ortho intramolecular Hbond substituents is 1. The highest BCUT2D eigenvalue weighted by molar-refractivity contribution is 9.10. The number of amides is 1. The number of phenols is 1. The average Bonchev–Trinajstić information content (AvgIpc) is 2.58. The number of hydrogen-bond donors (Lipinski definition) is 3.